The first-order valence-corrected chi connectivity index (χ1v) is 16.9. The van der Waals surface area contributed by atoms with E-state index < -0.39 is 0 Å². The second kappa shape index (κ2) is 28.5. The highest BCUT2D eigenvalue weighted by atomic mass is 16.3. The van der Waals surface area contributed by atoms with Crippen LogP contribution < -0.4 is 0 Å². The van der Waals surface area contributed by atoms with Gasteiger partial charge in [-0.1, -0.05) is 194 Å². The third-order valence-corrected chi connectivity index (χ3v) is 8.40. The highest BCUT2D eigenvalue weighted by molar-refractivity contribution is 4.76. The molecule has 0 rings (SSSR count). The van der Waals surface area contributed by atoms with Crippen molar-refractivity contribution in [2.45, 2.75) is 219 Å². The second-order valence-corrected chi connectivity index (χ2v) is 11.9. The lowest BCUT2D eigenvalue weighted by Gasteiger charge is -2.27. The minimum atomic E-state index is -0.380. The summed E-state index contributed by atoms with van der Waals surface area (Å²) < 4.78 is 0. The number of hydrogen-bond acceptors (Lipinski definition) is 1. The van der Waals surface area contributed by atoms with E-state index in [-0.39, 0.29) is 5.60 Å². The van der Waals surface area contributed by atoms with Crippen LogP contribution in [0.5, 0.6) is 0 Å². The van der Waals surface area contributed by atoms with Gasteiger partial charge in [0.15, 0.2) is 0 Å². The van der Waals surface area contributed by atoms with Crippen molar-refractivity contribution in [2.24, 2.45) is 0 Å². The van der Waals surface area contributed by atoms with Crippen LogP contribution in [0.1, 0.15) is 213 Å². The van der Waals surface area contributed by atoms with E-state index in [4.69, 9.17) is 0 Å². The Bertz CT molecular complexity index is 379. The Hall–Kier alpha value is -0.0400. The summed E-state index contributed by atoms with van der Waals surface area (Å²) in [6.45, 7) is 6.78. The van der Waals surface area contributed by atoms with Crippen molar-refractivity contribution < 1.29 is 5.11 Å². The van der Waals surface area contributed by atoms with Gasteiger partial charge in [-0.05, 0) is 19.3 Å². The van der Waals surface area contributed by atoms with Gasteiger partial charge in [0.05, 0.1) is 5.60 Å². The van der Waals surface area contributed by atoms with Crippen LogP contribution in [-0.2, 0) is 0 Å². The Morgan fingerprint density at radius 1 is 0.314 bits per heavy atom. The summed E-state index contributed by atoms with van der Waals surface area (Å²) in [7, 11) is 0. The Morgan fingerprint density at radius 3 is 0.714 bits per heavy atom. The predicted molar refractivity (Wildman–Crippen MR) is 160 cm³/mol. The molecular formula is C34H70O. The number of aliphatic hydroxyl groups is 1. The summed E-state index contributed by atoms with van der Waals surface area (Å²) >= 11 is 0. The van der Waals surface area contributed by atoms with E-state index >= 15 is 0 Å². The van der Waals surface area contributed by atoms with E-state index in [1.54, 1.807) is 0 Å². The van der Waals surface area contributed by atoms with Crippen molar-refractivity contribution >= 4 is 0 Å². The van der Waals surface area contributed by atoms with Crippen LogP contribution in [0.2, 0.25) is 0 Å². The van der Waals surface area contributed by atoms with Gasteiger partial charge < -0.3 is 5.11 Å². The van der Waals surface area contributed by atoms with Gasteiger partial charge in [0.2, 0.25) is 0 Å². The summed E-state index contributed by atoms with van der Waals surface area (Å²) in [6.07, 6.45) is 40.9. The molecule has 1 atom stereocenters. The van der Waals surface area contributed by atoms with Crippen molar-refractivity contribution in [3.8, 4) is 0 Å². The van der Waals surface area contributed by atoms with E-state index in [0.717, 1.165) is 19.3 Å². The number of rotatable bonds is 30. The molecule has 0 heterocycles. The molecule has 1 nitrogen and oxygen atoms in total. The van der Waals surface area contributed by atoms with Crippen LogP contribution in [0, 0.1) is 0 Å². The third-order valence-electron chi connectivity index (χ3n) is 8.40. The van der Waals surface area contributed by atoms with E-state index in [9.17, 15) is 5.11 Å². The quantitative estimate of drug-likeness (QED) is 0.0984. The maximum absolute atomic E-state index is 11.0. The molecule has 0 aromatic heterocycles. The van der Waals surface area contributed by atoms with Crippen molar-refractivity contribution in [1.29, 1.82) is 0 Å². The lowest BCUT2D eigenvalue weighted by Crippen LogP contribution is -2.27. The lowest BCUT2D eigenvalue weighted by molar-refractivity contribution is 0.0140. The molecule has 212 valence electrons. The van der Waals surface area contributed by atoms with Crippen molar-refractivity contribution in [3.05, 3.63) is 0 Å². The van der Waals surface area contributed by atoms with Gasteiger partial charge in [0.25, 0.3) is 0 Å². The fraction of sp³-hybridized carbons (Fsp3) is 1.00. The van der Waals surface area contributed by atoms with Gasteiger partial charge in [-0.15, -0.1) is 0 Å². The molecule has 35 heavy (non-hydrogen) atoms. The molecule has 0 saturated carbocycles. The van der Waals surface area contributed by atoms with Gasteiger partial charge in [-0.3, -0.25) is 0 Å². The monoisotopic (exact) mass is 495 g/mol. The largest absolute Gasteiger partial charge is 0.390 e. The minimum Gasteiger partial charge on any atom is -0.390 e. The average Bonchev–Trinajstić information content (AvgIpc) is 2.87. The standard InChI is InChI=1S/C34H70O/c1-4-7-9-11-13-15-17-19-21-23-25-27-29-31-33-34(35,6-3)32-30-28-26-24-22-20-18-16-14-12-10-8-5-2/h35H,4-33H2,1-3H3. The van der Waals surface area contributed by atoms with Gasteiger partial charge in [0.1, 0.15) is 0 Å². The summed E-state index contributed by atoms with van der Waals surface area (Å²) in [6, 6.07) is 0. The van der Waals surface area contributed by atoms with E-state index in [0.29, 0.717) is 0 Å². The fourth-order valence-electron chi connectivity index (χ4n) is 5.60. The Kier molecular flexibility index (Phi) is 28.5. The molecule has 0 saturated heterocycles. The molecule has 0 radical (unpaired) electrons. The minimum absolute atomic E-state index is 0.380. The molecule has 1 N–H and O–H groups in total. The van der Waals surface area contributed by atoms with Gasteiger partial charge in [-0.25, -0.2) is 0 Å². The molecule has 0 aliphatic rings. The molecule has 0 aliphatic carbocycles. The van der Waals surface area contributed by atoms with Crippen LogP contribution in [-0.4, -0.2) is 10.7 Å². The summed E-state index contributed by atoms with van der Waals surface area (Å²) in [5, 5.41) is 11.0. The topological polar surface area (TPSA) is 20.2 Å². The maximum atomic E-state index is 11.0. The van der Waals surface area contributed by atoms with E-state index in [2.05, 4.69) is 20.8 Å². The zero-order valence-electron chi connectivity index (χ0n) is 25.2. The first-order chi connectivity index (χ1) is 17.2. The van der Waals surface area contributed by atoms with Gasteiger partial charge >= 0.3 is 0 Å². The van der Waals surface area contributed by atoms with E-state index in [1.165, 1.54) is 173 Å². The van der Waals surface area contributed by atoms with Crippen molar-refractivity contribution in [1.82, 2.24) is 0 Å². The smallest absolute Gasteiger partial charge is 0.0645 e. The second-order valence-electron chi connectivity index (χ2n) is 11.9. The van der Waals surface area contributed by atoms with Crippen LogP contribution >= 0.6 is 0 Å². The Morgan fingerprint density at radius 2 is 0.514 bits per heavy atom. The predicted octanol–water partition coefficient (Wildman–Crippen LogP) is 12.5. The van der Waals surface area contributed by atoms with Gasteiger partial charge in [-0.2, -0.15) is 0 Å². The highest BCUT2D eigenvalue weighted by Gasteiger charge is 2.23. The average molecular weight is 495 g/mol. The highest BCUT2D eigenvalue weighted by Crippen LogP contribution is 2.26. The molecule has 0 aromatic carbocycles. The van der Waals surface area contributed by atoms with Crippen LogP contribution in [0.3, 0.4) is 0 Å². The maximum Gasteiger partial charge on any atom is 0.0645 e. The zero-order valence-corrected chi connectivity index (χ0v) is 25.2. The molecule has 0 amide bonds. The Balaban J connectivity index is 3.41. The van der Waals surface area contributed by atoms with Crippen LogP contribution in [0.25, 0.3) is 0 Å². The van der Waals surface area contributed by atoms with Gasteiger partial charge in [0, 0.05) is 0 Å². The van der Waals surface area contributed by atoms with Crippen molar-refractivity contribution in [2.75, 3.05) is 0 Å². The molecule has 1 heteroatoms. The van der Waals surface area contributed by atoms with Crippen LogP contribution in [0.4, 0.5) is 0 Å². The van der Waals surface area contributed by atoms with Crippen molar-refractivity contribution in [3.63, 3.8) is 0 Å². The fourth-order valence-corrected chi connectivity index (χ4v) is 5.60. The normalized spacial score (nSPS) is 13.4. The number of unbranched alkanes of at least 4 members (excludes halogenated alkanes) is 25. The summed E-state index contributed by atoms with van der Waals surface area (Å²) in [5.41, 5.74) is -0.380. The molecule has 0 aliphatic heterocycles. The third kappa shape index (κ3) is 26.8. The summed E-state index contributed by atoms with van der Waals surface area (Å²) in [4.78, 5) is 0. The first-order valence-electron chi connectivity index (χ1n) is 16.9. The van der Waals surface area contributed by atoms with Crippen LogP contribution in [0.15, 0.2) is 0 Å². The number of hydrogen-bond donors (Lipinski definition) is 1. The van der Waals surface area contributed by atoms with E-state index in [1.807, 2.05) is 0 Å². The molecule has 0 spiro atoms. The molecule has 0 bridgehead atoms. The first kappa shape index (κ1) is 35.0. The SMILES string of the molecule is CCCCCCCCCCCCCCCCC(O)(CC)CCCCCCCCCCCCCCC. The molecule has 1 unspecified atom stereocenters. The molecule has 0 aromatic rings. The zero-order chi connectivity index (χ0) is 25.7. The lowest BCUT2D eigenvalue weighted by atomic mass is 9.87. The molecular weight excluding hydrogens is 424 g/mol. The Labute approximate surface area is 224 Å². The molecule has 0 fully saturated rings. The summed E-state index contributed by atoms with van der Waals surface area (Å²) in [5.74, 6) is 0.